The second-order valence-corrected chi connectivity index (χ2v) is 5.24. The molecule has 0 bridgehead atoms. The predicted molar refractivity (Wildman–Crippen MR) is 68.2 cm³/mol. The van der Waals surface area contributed by atoms with E-state index in [9.17, 15) is 5.11 Å². The van der Waals surface area contributed by atoms with E-state index in [1.54, 1.807) is 7.11 Å². The number of nitrogens with two attached hydrogens (primary N) is 1. The third kappa shape index (κ3) is 2.45. The SMILES string of the molecule is COc1ccc2c(c1)CC[C@@H]([C@@](C)(N)CO)C2. The number of hydrogen-bond donors (Lipinski definition) is 2. The van der Waals surface area contributed by atoms with Gasteiger partial charge in [0.15, 0.2) is 0 Å². The van der Waals surface area contributed by atoms with Crippen molar-refractivity contribution >= 4 is 0 Å². The van der Waals surface area contributed by atoms with Gasteiger partial charge in [-0.15, -0.1) is 0 Å². The standard InChI is InChI=1S/C14H21NO2/c1-14(15,9-16)12-5-3-11-8-13(17-2)6-4-10(11)7-12/h4,6,8,12,16H,3,5,7,9,15H2,1-2H3/t12-,14+/m1/s1. The predicted octanol–water partition coefficient (Wildman–Crippen LogP) is 1.51. The van der Waals surface area contributed by atoms with Crippen LogP contribution in [-0.2, 0) is 12.8 Å². The maximum Gasteiger partial charge on any atom is 0.119 e. The Labute approximate surface area is 103 Å². The van der Waals surface area contributed by atoms with Gasteiger partial charge < -0.3 is 15.6 Å². The first-order valence-electron chi connectivity index (χ1n) is 6.12. The van der Waals surface area contributed by atoms with Gasteiger partial charge in [0.2, 0.25) is 0 Å². The molecule has 0 spiro atoms. The summed E-state index contributed by atoms with van der Waals surface area (Å²) in [4.78, 5) is 0. The number of benzene rings is 1. The molecule has 3 heteroatoms. The van der Waals surface area contributed by atoms with Gasteiger partial charge in [0, 0.05) is 5.54 Å². The molecular weight excluding hydrogens is 214 g/mol. The molecule has 1 aromatic carbocycles. The minimum absolute atomic E-state index is 0.0448. The Morgan fingerprint density at radius 3 is 2.88 bits per heavy atom. The van der Waals surface area contributed by atoms with Crippen molar-refractivity contribution in [3.05, 3.63) is 29.3 Å². The van der Waals surface area contributed by atoms with Crippen LogP contribution in [0.25, 0.3) is 0 Å². The Balaban J connectivity index is 2.20. The summed E-state index contributed by atoms with van der Waals surface area (Å²) in [6.45, 7) is 1.98. The summed E-state index contributed by atoms with van der Waals surface area (Å²) in [6, 6.07) is 6.22. The number of fused-ring (bicyclic) bond motifs is 1. The van der Waals surface area contributed by atoms with E-state index in [2.05, 4.69) is 12.1 Å². The van der Waals surface area contributed by atoms with Crippen molar-refractivity contribution in [2.24, 2.45) is 11.7 Å². The van der Waals surface area contributed by atoms with Gasteiger partial charge in [-0.1, -0.05) is 6.07 Å². The Bertz CT molecular complexity index is 401. The Hall–Kier alpha value is -1.06. The molecular formula is C14H21NO2. The molecule has 94 valence electrons. The fourth-order valence-corrected chi connectivity index (χ4v) is 2.55. The van der Waals surface area contributed by atoms with Gasteiger partial charge in [-0.05, 0) is 55.4 Å². The lowest BCUT2D eigenvalue weighted by molar-refractivity contribution is 0.144. The zero-order chi connectivity index (χ0) is 12.5. The first-order chi connectivity index (χ1) is 8.06. The number of aryl methyl sites for hydroxylation is 1. The molecule has 17 heavy (non-hydrogen) atoms. The van der Waals surface area contributed by atoms with Gasteiger partial charge in [0.05, 0.1) is 13.7 Å². The Morgan fingerprint density at radius 1 is 1.47 bits per heavy atom. The van der Waals surface area contributed by atoms with Crippen molar-refractivity contribution in [2.75, 3.05) is 13.7 Å². The second kappa shape index (κ2) is 4.67. The molecule has 0 saturated heterocycles. The molecule has 0 saturated carbocycles. The molecule has 0 aliphatic heterocycles. The molecule has 3 nitrogen and oxygen atoms in total. The van der Waals surface area contributed by atoms with Gasteiger partial charge in [-0.3, -0.25) is 0 Å². The smallest absolute Gasteiger partial charge is 0.119 e. The molecule has 0 radical (unpaired) electrons. The van der Waals surface area contributed by atoms with Crippen molar-refractivity contribution in [1.29, 1.82) is 0 Å². The van der Waals surface area contributed by atoms with Crippen LogP contribution in [0.5, 0.6) is 5.75 Å². The highest BCUT2D eigenvalue weighted by Crippen LogP contribution is 2.32. The summed E-state index contributed by atoms with van der Waals surface area (Å²) >= 11 is 0. The maximum atomic E-state index is 9.33. The largest absolute Gasteiger partial charge is 0.497 e. The van der Waals surface area contributed by atoms with Gasteiger partial charge >= 0.3 is 0 Å². The third-order valence-corrected chi connectivity index (χ3v) is 3.92. The van der Waals surface area contributed by atoms with Crippen LogP contribution in [0.3, 0.4) is 0 Å². The zero-order valence-electron chi connectivity index (χ0n) is 10.6. The molecule has 0 unspecified atom stereocenters. The fraction of sp³-hybridized carbons (Fsp3) is 0.571. The first-order valence-corrected chi connectivity index (χ1v) is 6.12. The number of ether oxygens (including phenoxy) is 1. The number of aliphatic hydroxyl groups excluding tert-OH is 1. The zero-order valence-corrected chi connectivity index (χ0v) is 10.6. The molecule has 0 heterocycles. The molecule has 2 atom stereocenters. The third-order valence-electron chi connectivity index (χ3n) is 3.92. The molecule has 1 aliphatic rings. The summed E-state index contributed by atoms with van der Waals surface area (Å²) < 4.78 is 5.23. The molecule has 1 aliphatic carbocycles. The van der Waals surface area contributed by atoms with Gasteiger partial charge in [0.25, 0.3) is 0 Å². The highest BCUT2D eigenvalue weighted by Gasteiger charge is 2.32. The van der Waals surface area contributed by atoms with E-state index in [-0.39, 0.29) is 6.61 Å². The van der Waals surface area contributed by atoms with Crippen molar-refractivity contribution in [3.63, 3.8) is 0 Å². The van der Waals surface area contributed by atoms with Gasteiger partial charge in [-0.25, -0.2) is 0 Å². The minimum Gasteiger partial charge on any atom is -0.497 e. The maximum absolute atomic E-state index is 9.33. The van der Waals surface area contributed by atoms with E-state index in [1.165, 1.54) is 11.1 Å². The first kappa shape index (κ1) is 12.4. The number of methoxy groups -OCH3 is 1. The van der Waals surface area contributed by atoms with Crippen LogP contribution in [-0.4, -0.2) is 24.4 Å². The summed E-state index contributed by atoms with van der Waals surface area (Å²) in [7, 11) is 1.69. The lowest BCUT2D eigenvalue weighted by Crippen LogP contribution is -2.49. The van der Waals surface area contributed by atoms with E-state index in [0.717, 1.165) is 25.0 Å². The van der Waals surface area contributed by atoms with Crippen LogP contribution in [0, 0.1) is 5.92 Å². The molecule has 3 N–H and O–H groups in total. The average Bonchev–Trinajstić information content (AvgIpc) is 2.37. The topological polar surface area (TPSA) is 55.5 Å². The van der Waals surface area contributed by atoms with Crippen LogP contribution < -0.4 is 10.5 Å². The molecule has 0 amide bonds. The Morgan fingerprint density at radius 2 is 2.24 bits per heavy atom. The van der Waals surface area contributed by atoms with Crippen molar-refractivity contribution < 1.29 is 9.84 Å². The van der Waals surface area contributed by atoms with E-state index < -0.39 is 5.54 Å². The van der Waals surface area contributed by atoms with Gasteiger partial charge in [0.1, 0.15) is 5.75 Å². The summed E-state index contributed by atoms with van der Waals surface area (Å²) in [5, 5.41) is 9.33. The summed E-state index contributed by atoms with van der Waals surface area (Å²) in [5.41, 5.74) is 8.35. The van der Waals surface area contributed by atoms with Crippen LogP contribution in [0.2, 0.25) is 0 Å². The second-order valence-electron chi connectivity index (χ2n) is 5.24. The van der Waals surface area contributed by atoms with E-state index in [0.29, 0.717) is 5.92 Å². The molecule has 2 rings (SSSR count). The highest BCUT2D eigenvalue weighted by atomic mass is 16.5. The van der Waals surface area contributed by atoms with Crippen LogP contribution in [0.15, 0.2) is 18.2 Å². The fourth-order valence-electron chi connectivity index (χ4n) is 2.55. The van der Waals surface area contributed by atoms with Crippen LogP contribution in [0.1, 0.15) is 24.5 Å². The van der Waals surface area contributed by atoms with E-state index in [1.807, 2.05) is 13.0 Å². The van der Waals surface area contributed by atoms with Gasteiger partial charge in [-0.2, -0.15) is 0 Å². The molecule has 1 aromatic rings. The quantitative estimate of drug-likeness (QED) is 0.835. The molecule has 0 fully saturated rings. The Kier molecular flexibility index (Phi) is 3.40. The van der Waals surface area contributed by atoms with E-state index >= 15 is 0 Å². The van der Waals surface area contributed by atoms with Crippen molar-refractivity contribution in [3.8, 4) is 5.75 Å². The van der Waals surface area contributed by atoms with Crippen molar-refractivity contribution in [1.82, 2.24) is 0 Å². The lowest BCUT2D eigenvalue weighted by Gasteiger charge is -2.36. The number of hydrogen-bond acceptors (Lipinski definition) is 3. The number of rotatable bonds is 3. The summed E-state index contributed by atoms with van der Waals surface area (Å²) in [5.74, 6) is 1.27. The summed E-state index contributed by atoms with van der Waals surface area (Å²) in [6.07, 6.45) is 3.00. The lowest BCUT2D eigenvalue weighted by atomic mass is 9.74. The minimum atomic E-state index is -0.475. The van der Waals surface area contributed by atoms with Crippen LogP contribution >= 0.6 is 0 Å². The monoisotopic (exact) mass is 235 g/mol. The molecule has 0 aromatic heterocycles. The van der Waals surface area contributed by atoms with E-state index in [4.69, 9.17) is 10.5 Å². The number of aliphatic hydroxyl groups is 1. The highest BCUT2D eigenvalue weighted by molar-refractivity contribution is 5.37. The normalized spacial score (nSPS) is 22.7. The van der Waals surface area contributed by atoms with Crippen molar-refractivity contribution in [2.45, 2.75) is 31.7 Å². The average molecular weight is 235 g/mol. The van der Waals surface area contributed by atoms with Crippen LogP contribution in [0.4, 0.5) is 0 Å².